The van der Waals surface area contributed by atoms with Gasteiger partial charge >= 0.3 is 0 Å². The quantitative estimate of drug-likeness (QED) is 0.304. The van der Waals surface area contributed by atoms with Gasteiger partial charge in [-0.2, -0.15) is 0 Å². The van der Waals surface area contributed by atoms with Crippen LogP contribution in [-0.2, 0) is 0 Å². The number of aliphatic imine (C=N–C) groups is 1. The summed E-state index contributed by atoms with van der Waals surface area (Å²) in [7, 11) is 1.57. The summed E-state index contributed by atoms with van der Waals surface area (Å²) < 4.78 is 4.96. The minimum Gasteiger partial charge on any atom is -0.481 e. The van der Waals surface area contributed by atoms with Crippen LogP contribution in [0.3, 0.4) is 0 Å². The maximum Gasteiger partial charge on any atom is 0.213 e. The number of anilines is 1. The molecule has 0 aliphatic carbocycles. The van der Waals surface area contributed by atoms with E-state index in [-0.39, 0.29) is 6.04 Å². The minimum absolute atomic E-state index is 0.157. The summed E-state index contributed by atoms with van der Waals surface area (Å²) in [5.41, 5.74) is 3.28. The second kappa shape index (κ2) is 5.92. The average molecular weight is 223 g/mol. The highest BCUT2D eigenvalue weighted by Crippen LogP contribution is 2.10. The number of nitrogens with zero attached hydrogens (tertiary/aromatic N) is 2. The first kappa shape index (κ1) is 12.3. The third kappa shape index (κ3) is 3.74. The zero-order valence-corrected chi connectivity index (χ0v) is 9.69. The number of guanidine groups is 1. The molecule has 0 unspecified atom stereocenters. The summed E-state index contributed by atoms with van der Waals surface area (Å²) in [4.78, 5) is 8.30. The largest absolute Gasteiger partial charge is 0.481 e. The fourth-order valence-electron chi connectivity index (χ4n) is 1.08. The molecule has 0 amide bonds. The van der Waals surface area contributed by atoms with Gasteiger partial charge in [-0.15, -0.1) is 0 Å². The number of hydrogen-bond donors (Lipinski definition) is 3. The molecule has 0 aliphatic rings. The Labute approximate surface area is 94.9 Å². The van der Waals surface area contributed by atoms with Crippen molar-refractivity contribution in [2.75, 3.05) is 12.4 Å². The van der Waals surface area contributed by atoms with Crippen LogP contribution in [0.4, 0.5) is 5.69 Å². The Bertz CT molecular complexity index is 347. The van der Waals surface area contributed by atoms with Crippen molar-refractivity contribution in [3.63, 3.8) is 0 Å². The minimum atomic E-state index is 0.157. The molecule has 4 N–H and O–H groups in total. The lowest BCUT2D eigenvalue weighted by atomic mass is 10.4. The Morgan fingerprint density at radius 2 is 2.25 bits per heavy atom. The molecule has 0 saturated carbocycles. The van der Waals surface area contributed by atoms with Crippen LogP contribution in [0, 0.1) is 0 Å². The van der Waals surface area contributed by atoms with E-state index in [0.29, 0.717) is 11.8 Å². The number of pyridine rings is 1. The first-order valence-electron chi connectivity index (χ1n) is 4.97. The molecule has 1 heterocycles. The Hall–Kier alpha value is -1.82. The smallest absolute Gasteiger partial charge is 0.213 e. The number of hydrogen-bond acceptors (Lipinski definition) is 4. The highest BCUT2D eigenvalue weighted by atomic mass is 16.5. The lowest BCUT2D eigenvalue weighted by Gasteiger charge is -2.10. The Balaban J connectivity index is 2.70. The van der Waals surface area contributed by atoms with Gasteiger partial charge in [-0.05, 0) is 19.9 Å². The van der Waals surface area contributed by atoms with Crippen molar-refractivity contribution >= 4 is 11.6 Å². The van der Waals surface area contributed by atoms with Gasteiger partial charge in [0, 0.05) is 12.1 Å². The van der Waals surface area contributed by atoms with Gasteiger partial charge in [0.05, 0.1) is 19.0 Å². The van der Waals surface area contributed by atoms with Crippen molar-refractivity contribution in [1.82, 2.24) is 10.4 Å². The fourth-order valence-corrected chi connectivity index (χ4v) is 1.08. The summed E-state index contributed by atoms with van der Waals surface area (Å²) in [5.74, 6) is 6.40. The van der Waals surface area contributed by atoms with E-state index in [1.165, 1.54) is 0 Å². The van der Waals surface area contributed by atoms with E-state index in [1.807, 2.05) is 19.9 Å². The van der Waals surface area contributed by atoms with E-state index >= 15 is 0 Å². The van der Waals surface area contributed by atoms with E-state index in [0.717, 1.165) is 5.69 Å². The van der Waals surface area contributed by atoms with E-state index < -0.39 is 0 Å². The molecule has 0 aliphatic heterocycles. The monoisotopic (exact) mass is 223 g/mol. The summed E-state index contributed by atoms with van der Waals surface area (Å²) in [6.45, 7) is 3.93. The van der Waals surface area contributed by atoms with Gasteiger partial charge in [0.1, 0.15) is 0 Å². The molecule has 0 radical (unpaired) electrons. The average Bonchev–Trinajstić information content (AvgIpc) is 2.28. The molecule has 16 heavy (non-hydrogen) atoms. The number of nitrogens with one attached hydrogen (secondary N) is 2. The molecule has 6 nitrogen and oxygen atoms in total. The van der Waals surface area contributed by atoms with E-state index in [4.69, 9.17) is 10.6 Å². The Morgan fingerprint density at radius 3 is 2.69 bits per heavy atom. The first-order valence-corrected chi connectivity index (χ1v) is 4.97. The van der Waals surface area contributed by atoms with Crippen LogP contribution in [-0.4, -0.2) is 24.1 Å². The predicted octanol–water partition coefficient (Wildman–Crippen LogP) is 0.730. The van der Waals surface area contributed by atoms with Crippen LogP contribution in [0.5, 0.6) is 5.88 Å². The molecule has 88 valence electrons. The maximum absolute atomic E-state index is 5.34. The number of methoxy groups -OCH3 is 1. The fraction of sp³-hybridized carbons (Fsp3) is 0.400. The molecule has 0 aromatic carbocycles. The van der Waals surface area contributed by atoms with Crippen LogP contribution < -0.4 is 21.3 Å². The van der Waals surface area contributed by atoms with Crippen LogP contribution >= 0.6 is 0 Å². The van der Waals surface area contributed by atoms with Crippen LogP contribution in [0.2, 0.25) is 0 Å². The molecular weight excluding hydrogens is 206 g/mol. The highest BCUT2D eigenvalue weighted by Gasteiger charge is 2.00. The van der Waals surface area contributed by atoms with Crippen LogP contribution in [0.1, 0.15) is 13.8 Å². The summed E-state index contributed by atoms with van der Waals surface area (Å²) in [5, 5.41) is 3.01. The molecule has 1 rings (SSSR count). The topological polar surface area (TPSA) is 84.6 Å². The molecular formula is C10H17N5O. The molecule has 6 heteroatoms. The van der Waals surface area contributed by atoms with Gasteiger partial charge in [-0.1, -0.05) is 0 Å². The SMILES string of the molecule is COc1ccc(NC(=NC(C)C)NN)cn1. The van der Waals surface area contributed by atoms with Gasteiger partial charge in [-0.25, -0.2) is 15.8 Å². The molecule has 0 fully saturated rings. The third-order valence-electron chi connectivity index (χ3n) is 1.73. The summed E-state index contributed by atoms with van der Waals surface area (Å²) in [6.07, 6.45) is 1.64. The van der Waals surface area contributed by atoms with Crippen molar-refractivity contribution < 1.29 is 4.74 Å². The number of ether oxygens (including phenoxy) is 1. The van der Waals surface area contributed by atoms with Crippen LogP contribution in [0.25, 0.3) is 0 Å². The molecule has 0 bridgehead atoms. The van der Waals surface area contributed by atoms with E-state index in [9.17, 15) is 0 Å². The number of hydrazine groups is 1. The number of aromatic nitrogens is 1. The first-order chi connectivity index (χ1) is 7.65. The zero-order valence-electron chi connectivity index (χ0n) is 9.69. The van der Waals surface area contributed by atoms with Crippen molar-refractivity contribution in [3.05, 3.63) is 18.3 Å². The second-order valence-corrected chi connectivity index (χ2v) is 3.43. The highest BCUT2D eigenvalue weighted by molar-refractivity contribution is 5.93. The molecule has 0 spiro atoms. The molecule has 1 aromatic rings. The molecule has 0 saturated heterocycles. The maximum atomic E-state index is 5.34. The summed E-state index contributed by atoms with van der Waals surface area (Å²) in [6, 6.07) is 3.75. The number of nitrogens with two attached hydrogens (primary N) is 1. The second-order valence-electron chi connectivity index (χ2n) is 3.43. The number of rotatable bonds is 3. The van der Waals surface area contributed by atoms with Gasteiger partial charge in [0.25, 0.3) is 0 Å². The van der Waals surface area contributed by atoms with E-state index in [1.54, 1.807) is 19.4 Å². The van der Waals surface area contributed by atoms with Gasteiger partial charge in [0.15, 0.2) is 0 Å². The Kier molecular flexibility index (Phi) is 4.53. The predicted molar refractivity (Wildman–Crippen MR) is 64.3 cm³/mol. The normalized spacial score (nSPS) is 11.4. The lowest BCUT2D eigenvalue weighted by molar-refractivity contribution is 0.398. The van der Waals surface area contributed by atoms with Gasteiger partial charge < -0.3 is 10.1 Å². The molecule has 0 atom stereocenters. The third-order valence-corrected chi connectivity index (χ3v) is 1.73. The van der Waals surface area contributed by atoms with Crippen molar-refractivity contribution in [2.45, 2.75) is 19.9 Å². The Morgan fingerprint density at radius 1 is 1.50 bits per heavy atom. The van der Waals surface area contributed by atoms with Crippen molar-refractivity contribution in [1.29, 1.82) is 0 Å². The van der Waals surface area contributed by atoms with Crippen molar-refractivity contribution in [2.24, 2.45) is 10.8 Å². The summed E-state index contributed by atoms with van der Waals surface area (Å²) >= 11 is 0. The molecule has 1 aromatic heterocycles. The van der Waals surface area contributed by atoms with E-state index in [2.05, 4.69) is 20.7 Å². The standard InChI is InChI=1S/C10H17N5O/c1-7(2)13-10(15-11)14-8-4-5-9(16-3)12-6-8/h4-7H,11H2,1-3H3,(H2,13,14,15). The zero-order chi connectivity index (χ0) is 12.0. The van der Waals surface area contributed by atoms with Crippen LogP contribution in [0.15, 0.2) is 23.3 Å². The van der Waals surface area contributed by atoms with Crippen molar-refractivity contribution in [3.8, 4) is 5.88 Å². The lowest BCUT2D eigenvalue weighted by Crippen LogP contribution is -2.37. The van der Waals surface area contributed by atoms with Gasteiger partial charge in [0.2, 0.25) is 11.8 Å². The van der Waals surface area contributed by atoms with Gasteiger partial charge in [-0.3, -0.25) is 5.43 Å².